The van der Waals surface area contributed by atoms with Gasteiger partial charge in [0.05, 0.1) is 25.2 Å². The van der Waals surface area contributed by atoms with Crippen molar-refractivity contribution in [1.29, 1.82) is 5.26 Å². The number of nitrogens with zero attached hydrogens (tertiary/aromatic N) is 1. The van der Waals surface area contributed by atoms with Crippen LogP contribution in [0.2, 0.25) is 0 Å². The number of nitriles is 1. The van der Waals surface area contributed by atoms with Crippen LogP contribution in [-0.2, 0) is 15.3 Å². The Morgan fingerprint density at radius 2 is 2.33 bits per heavy atom. The summed E-state index contributed by atoms with van der Waals surface area (Å²) in [5.41, 5.74) is 0.920. The number of rotatable bonds is 5. The lowest BCUT2D eigenvalue weighted by molar-refractivity contribution is -0.140. The zero-order chi connectivity index (χ0) is 13.5. The first-order chi connectivity index (χ1) is 8.56. The van der Waals surface area contributed by atoms with Crippen molar-refractivity contribution >= 4 is 17.7 Å². The molecule has 0 bridgehead atoms. The van der Waals surface area contributed by atoms with Crippen LogP contribution in [0.3, 0.4) is 0 Å². The second-order valence-corrected chi connectivity index (χ2v) is 5.25. The number of methoxy groups -OCH3 is 1. The Balaban J connectivity index is 2.58. The number of hydrogen-bond acceptors (Lipinski definition) is 4. The molecule has 96 valence electrons. The second kappa shape index (κ2) is 7.02. The third-order valence-corrected chi connectivity index (χ3v) is 3.59. The average Bonchev–Trinajstić information content (AvgIpc) is 2.37. The van der Waals surface area contributed by atoms with Crippen LogP contribution in [0.5, 0.6) is 0 Å². The summed E-state index contributed by atoms with van der Waals surface area (Å²) in [5, 5.41) is 8.78. The number of ether oxygens (including phenoxy) is 1. The van der Waals surface area contributed by atoms with Crippen LogP contribution in [0.1, 0.15) is 24.5 Å². The van der Waals surface area contributed by atoms with Crippen molar-refractivity contribution in [2.45, 2.75) is 24.3 Å². The predicted octanol–water partition coefficient (Wildman–Crippen LogP) is 2.88. The summed E-state index contributed by atoms with van der Waals surface area (Å²) in [6.45, 7) is 1.88. The Morgan fingerprint density at radius 1 is 1.61 bits per heavy atom. The number of halogens is 1. The molecule has 0 unspecified atom stereocenters. The third-order valence-electron chi connectivity index (χ3n) is 2.38. The SMILES string of the molecule is COC(=O)C[C@H](C)SCc1cc(C#N)ccc1F. The van der Waals surface area contributed by atoms with E-state index in [0.717, 1.165) is 0 Å². The first-order valence-corrected chi connectivity index (χ1v) is 6.48. The predicted molar refractivity (Wildman–Crippen MR) is 68.5 cm³/mol. The Labute approximate surface area is 110 Å². The van der Waals surface area contributed by atoms with Gasteiger partial charge in [0.25, 0.3) is 0 Å². The van der Waals surface area contributed by atoms with Crippen molar-refractivity contribution in [3.05, 3.63) is 35.1 Å². The van der Waals surface area contributed by atoms with E-state index in [0.29, 0.717) is 23.3 Å². The normalized spacial score (nSPS) is 11.7. The summed E-state index contributed by atoms with van der Waals surface area (Å²) >= 11 is 1.46. The molecule has 0 aliphatic rings. The van der Waals surface area contributed by atoms with Crippen LogP contribution in [0.4, 0.5) is 4.39 Å². The van der Waals surface area contributed by atoms with Gasteiger partial charge in [0.15, 0.2) is 0 Å². The van der Waals surface area contributed by atoms with Crippen LogP contribution in [-0.4, -0.2) is 18.3 Å². The van der Waals surface area contributed by atoms with Gasteiger partial charge in [-0.25, -0.2) is 4.39 Å². The second-order valence-electron chi connectivity index (χ2n) is 3.82. The summed E-state index contributed by atoms with van der Waals surface area (Å²) in [4.78, 5) is 11.0. The maximum atomic E-state index is 13.5. The first kappa shape index (κ1) is 14.5. The van der Waals surface area contributed by atoms with E-state index in [1.807, 2.05) is 13.0 Å². The summed E-state index contributed by atoms with van der Waals surface area (Å²) in [6.07, 6.45) is 0.292. The van der Waals surface area contributed by atoms with Crippen molar-refractivity contribution in [1.82, 2.24) is 0 Å². The number of esters is 1. The van der Waals surface area contributed by atoms with E-state index in [1.54, 1.807) is 0 Å². The quantitative estimate of drug-likeness (QED) is 0.770. The highest BCUT2D eigenvalue weighted by atomic mass is 32.2. The van der Waals surface area contributed by atoms with E-state index < -0.39 is 0 Å². The zero-order valence-corrected chi connectivity index (χ0v) is 11.1. The zero-order valence-electron chi connectivity index (χ0n) is 10.3. The molecule has 0 saturated carbocycles. The van der Waals surface area contributed by atoms with E-state index in [9.17, 15) is 9.18 Å². The number of carbonyl (C=O) groups excluding carboxylic acids is 1. The van der Waals surface area contributed by atoms with Gasteiger partial charge in [0.1, 0.15) is 5.82 Å². The fourth-order valence-corrected chi connectivity index (χ4v) is 2.30. The molecule has 0 spiro atoms. The summed E-state index contributed by atoms with van der Waals surface area (Å²) in [7, 11) is 1.34. The molecule has 3 nitrogen and oxygen atoms in total. The lowest BCUT2D eigenvalue weighted by Crippen LogP contribution is -2.09. The number of carbonyl (C=O) groups is 1. The maximum Gasteiger partial charge on any atom is 0.306 e. The number of benzene rings is 1. The highest BCUT2D eigenvalue weighted by Gasteiger charge is 2.11. The molecular formula is C13H14FNO2S. The summed E-state index contributed by atoms with van der Waals surface area (Å²) in [6, 6.07) is 6.25. The smallest absolute Gasteiger partial charge is 0.306 e. The van der Waals surface area contributed by atoms with E-state index in [2.05, 4.69) is 4.74 Å². The topological polar surface area (TPSA) is 50.1 Å². The third kappa shape index (κ3) is 4.38. The molecule has 0 aliphatic carbocycles. The molecule has 0 amide bonds. The van der Waals surface area contributed by atoms with Crippen molar-refractivity contribution in [2.75, 3.05) is 7.11 Å². The van der Waals surface area contributed by atoms with Crippen molar-refractivity contribution < 1.29 is 13.9 Å². The molecule has 0 fully saturated rings. The van der Waals surface area contributed by atoms with Gasteiger partial charge in [-0.05, 0) is 23.8 Å². The molecule has 0 saturated heterocycles. The van der Waals surface area contributed by atoms with Crippen LogP contribution >= 0.6 is 11.8 Å². The molecule has 1 aromatic carbocycles. The number of thioether (sulfide) groups is 1. The van der Waals surface area contributed by atoms with Gasteiger partial charge in [0.2, 0.25) is 0 Å². The minimum absolute atomic E-state index is 0.0441. The Kier molecular flexibility index (Phi) is 5.66. The van der Waals surface area contributed by atoms with Crippen LogP contribution in [0.15, 0.2) is 18.2 Å². The minimum Gasteiger partial charge on any atom is -0.469 e. The van der Waals surface area contributed by atoms with Gasteiger partial charge >= 0.3 is 5.97 Å². The molecule has 18 heavy (non-hydrogen) atoms. The van der Waals surface area contributed by atoms with Gasteiger partial charge in [-0.3, -0.25) is 4.79 Å². The standard InChI is InChI=1S/C13H14FNO2S/c1-9(5-13(16)17-2)18-8-11-6-10(7-15)3-4-12(11)14/h3-4,6,9H,5,8H2,1-2H3/t9-/m0/s1. The van der Waals surface area contributed by atoms with Crippen LogP contribution in [0, 0.1) is 17.1 Å². The molecule has 0 aromatic heterocycles. The van der Waals surface area contributed by atoms with E-state index >= 15 is 0 Å². The van der Waals surface area contributed by atoms with Gasteiger partial charge in [-0.2, -0.15) is 17.0 Å². The van der Waals surface area contributed by atoms with Crippen molar-refractivity contribution in [3.63, 3.8) is 0 Å². The van der Waals surface area contributed by atoms with E-state index in [-0.39, 0.29) is 17.0 Å². The van der Waals surface area contributed by atoms with Gasteiger partial charge < -0.3 is 4.74 Å². The lowest BCUT2D eigenvalue weighted by Gasteiger charge is -2.10. The Morgan fingerprint density at radius 3 is 2.94 bits per heavy atom. The minimum atomic E-state index is -0.327. The molecule has 1 rings (SSSR count). The molecule has 0 radical (unpaired) electrons. The van der Waals surface area contributed by atoms with Crippen molar-refractivity contribution in [3.8, 4) is 6.07 Å². The van der Waals surface area contributed by atoms with Crippen LogP contribution in [0.25, 0.3) is 0 Å². The lowest BCUT2D eigenvalue weighted by atomic mass is 10.1. The maximum absolute atomic E-state index is 13.5. The fraction of sp³-hybridized carbons (Fsp3) is 0.385. The molecular weight excluding hydrogens is 253 g/mol. The summed E-state index contributed by atoms with van der Waals surface area (Å²) < 4.78 is 18.0. The molecule has 0 N–H and O–H groups in total. The Bertz CT molecular complexity index is 471. The Hall–Kier alpha value is -1.54. The largest absolute Gasteiger partial charge is 0.469 e. The summed E-state index contributed by atoms with van der Waals surface area (Å²) in [5.74, 6) is -0.174. The van der Waals surface area contributed by atoms with Gasteiger partial charge in [-0.15, -0.1) is 0 Å². The van der Waals surface area contributed by atoms with E-state index in [4.69, 9.17) is 5.26 Å². The fourth-order valence-electron chi connectivity index (χ4n) is 1.36. The molecule has 0 heterocycles. The highest BCUT2D eigenvalue weighted by molar-refractivity contribution is 7.99. The molecule has 5 heteroatoms. The highest BCUT2D eigenvalue weighted by Crippen LogP contribution is 2.22. The first-order valence-electron chi connectivity index (χ1n) is 5.43. The van der Waals surface area contributed by atoms with Crippen molar-refractivity contribution in [2.24, 2.45) is 0 Å². The van der Waals surface area contributed by atoms with Gasteiger partial charge in [-0.1, -0.05) is 6.92 Å². The molecule has 1 atom stereocenters. The van der Waals surface area contributed by atoms with Gasteiger partial charge in [0, 0.05) is 11.0 Å². The molecule has 0 aliphatic heterocycles. The molecule has 1 aromatic rings. The van der Waals surface area contributed by atoms with Crippen LogP contribution < -0.4 is 0 Å². The van der Waals surface area contributed by atoms with E-state index in [1.165, 1.54) is 37.1 Å². The monoisotopic (exact) mass is 267 g/mol. The number of hydrogen-bond donors (Lipinski definition) is 0. The average molecular weight is 267 g/mol.